The Labute approximate surface area is 164 Å². The summed E-state index contributed by atoms with van der Waals surface area (Å²) in [5.41, 5.74) is 4.57. The fourth-order valence-electron chi connectivity index (χ4n) is 2.84. The lowest BCUT2D eigenvalue weighted by atomic mass is 10.1. The molecule has 0 unspecified atom stereocenters. The van der Waals surface area contributed by atoms with Crippen molar-refractivity contribution in [2.24, 2.45) is 7.05 Å². The summed E-state index contributed by atoms with van der Waals surface area (Å²) in [4.78, 5) is 35.0. The van der Waals surface area contributed by atoms with Gasteiger partial charge in [-0.15, -0.1) is 0 Å². The molecule has 28 heavy (non-hydrogen) atoms. The quantitative estimate of drug-likeness (QED) is 0.669. The number of nitrogens with zero attached hydrogens (tertiary/aromatic N) is 2. The largest absolute Gasteiger partial charge is 0.468 e. The Kier molecular flexibility index (Phi) is 7.31. The topological polar surface area (TPSA) is 102 Å². The number of methoxy groups -OCH3 is 1. The molecular weight excluding hydrogens is 360 g/mol. The zero-order valence-electron chi connectivity index (χ0n) is 16.7. The lowest BCUT2D eigenvalue weighted by Crippen LogP contribution is -2.31. The minimum Gasteiger partial charge on any atom is -0.468 e. The van der Waals surface area contributed by atoms with Crippen LogP contribution in [0.3, 0.4) is 0 Å². The second-order valence-corrected chi connectivity index (χ2v) is 6.55. The number of anilines is 1. The molecule has 0 atom stereocenters. The van der Waals surface area contributed by atoms with Gasteiger partial charge < -0.3 is 15.4 Å². The molecule has 1 heterocycles. The van der Waals surface area contributed by atoms with Crippen molar-refractivity contribution in [2.45, 2.75) is 33.1 Å². The molecule has 2 amide bonds. The Morgan fingerprint density at radius 2 is 1.79 bits per heavy atom. The van der Waals surface area contributed by atoms with Crippen molar-refractivity contribution in [3.8, 4) is 0 Å². The zero-order valence-corrected chi connectivity index (χ0v) is 16.7. The summed E-state index contributed by atoms with van der Waals surface area (Å²) < 4.78 is 6.29. The van der Waals surface area contributed by atoms with Crippen molar-refractivity contribution in [1.82, 2.24) is 15.1 Å². The lowest BCUT2D eigenvalue weighted by molar-refractivity contribution is -0.141. The average Bonchev–Trinajstić information content (AvgIpc) is 2.91. The fourth-order valence-corrected chi connectivity index (χ4v) is 2.84. The maximum atomic E-state index is 12.2. The molecule has 2 rings (SSSR count). The Morgan fingerprint density at radius 1 is 1.11 bits per heavy atom. The summed E-state index contributed by atoms with van der Waals surface area (Å²) >= 11 is 0. The summed E-state index contributed by atoms with van der Waals surface area (Å²) in [7, 11) is 3.16. The number of nitrogens with one attached hydrogen (secondary N) is 2. The van der Waals surface area contributed by atoms with E-state index in [-0.39, 0.29) is 24.8 Å². The summed E-state index contributed by atoms with van der Waals surface area (Å²) in [6.07, 6.45) is 1.14. The first-order chi connectivity index (χ1) is 13.3. The van der Waals surface area contributed by atoms with Crippen LogP contribution in [-0.2, 0) is 39.0 Å². The smallest absolute Gasteiger partial charge is 0.325 e. The van der Waals surface area contributed by atoms with E-state index in [9.17, 15) is 14.4 Å². The fraction of sp³-hybridized carbons (Fsp3) is 0.400. The minimum absolute atomic E-state index is 0.0776. The predicted molar refractivity (Wildman–Crippen MR) is 105 cm³/mol. The number of aromatic nitrogens is 2. The first-order valence-corrected chi connectivity index (χ1v) is 9.01. The van der Waals surface area contributed by atoms with Gasteiger partial charge in [-0.05, 0) is 43.5 Å². The van der Waals surface area contributed by atoms with E-state index >= 15 is 0 Å². The molecule has 0 aliphatic carbocycles. The third-order valence-electron chi connectivity index (χ3n) is 4.52. The molecule has 1 aromatic carbocycles. The monoisotopic (exact) mass is 386 g/mol. The van der Waals surface area contributed by atoms with Crippen molar-refractivity contribution in [3.05, 3.63) is 46.8 Å². The van der Waals surface area contributed by atoms with Crippen LogP contribution in [0.15, 0.2) is 24.3 Å². The van der Waals surface area contributed by atoms with Crippen LogP contribution in [0.1, 0.15) is 28.9 Å². The number of carbonyl (C=O) groups is 3. The Bertz CT molecular complexity index is 856. The van der Waals surface area contributed by atoms with Crippen molar-refractivity contribution in [2.75, 3.05) is 19.0 Å². The number of ether oxygens (including phenoxy) is 1. The van der Waals surface area contributed by atoms with E-state index in [0.717, 1.165) is 22.5 Å². The first kappa shape index (κ1) is 21.1. The van der Waals surface area contributed by atoms with Crippen LogP contribution in [0.4, 0.5) is 5.69 Å². The van der Waals surface area contributed by atoms with Crippen LogP contribution in [0.25, 0.3) is 0 Å². The lowest BCUT2D eigenvalue weighted by Gasteiger charge is -2.08. The number of aryl methyl sites for hydroxylation is 2. The molecule has 0 saturated heterocycles. The highest BCUT2D eigenvalue weighted by Crippen LogP contribution is 2.15. The highest BCUT2D eigenvalue weighted by Gasteiger charge is 2.12. The summed E-state index contributed by atoms with van der Waals surface area (Å²) in [6.45, 7) is 3.78. The number of hydrogen-bond acceptors (Lipinski definition) is 5. The van der Waals surface area contributed by atoms with E-state index in [1.807, 2.05) is 25.6 Å². The van der Waals surface area contributed by atoms with Gasteiger partial charge in [0.25, 0.3) is 0 Å². The molecule has 2 aromatic rings. The Hall–Kier alpha value is -3.16. The molecule has 0 bridgehead atoms. The molecule has 0 radical (unpaired) electrons. The molecule has 2 N–H and O–H groups in total. The number of amides is 2. The van der Waals surface area contributed by atoms with Gasteiger partial charge in [0.15, 0.2) is 0 Å². The van der Waals surface area contributed by atoms with Crippen molar-refractivity contribution in [3.63, 3.8) is 0 Å². The van der Waals surface area contributed by atoms with Gasteiger partial charge in [0.2, 0.25) is 11.8 Å². The zero-order chi connectivity index (χ0) is 20.7. The van der Waals surface area contributed by atoms with E-state index in [1.165, 1.54) is 7.11 Å². The summed E-state index contributed by atoms with van der Waals surface area (Å²) in [5, 5.41) is 9.70. The number of benzene rings is 1. The van der Waals surface area contributed by atoms with Gasteiger partial charge in [-0.2, -0.15) is 5.10 Å². The maximum Gasteiger partial charge on any atom is 0.325 e. The van der Waals surface area contributed by atoms with Crippen LogP contribution >= 0.6 is 0 Å². The highest BCUT2D eigenvalue weighted by atomic mass is 16.5. The van der Waals surface area contributed by atoms with Gasteiger partial charge in [0.05, 0.1) is 19.2 Å². The Morgan fingerprint density at radius 3 is 2.36 bits per heavy atom. The normalized spacial score (nSPS) is 10.4. The van der Waals surface area contributed by atoms with Crippen molar-refractivity contribution in [1.29, 1.82) is 0 Å². The van der Waals surface area contributed by atoms with Gasteiger partial charge in [-0.25, -0.2) is 0 Å². The molecule has 0 spiro atoms. The highest BCUT2D eigenvalue weighted by molar-refractivity contribution is 5.91. The molecular formula is C20H26N4O4. The molecule has 0 fully saturated rings. The minimum atomic E-state index is -0.497. The first-order valence-electron chi connectivity index (χ1n) is 9.01. The average molecular weight is 386 g/mol. The third kappa shape index (κ3) is 5.94. The van der Waals surface area contributed by atoms with Crippen LogP contribution in [-0.4, -0.2) is 41.2 Å². The summed E-state index contributed by atoms with van der Waals surface area (Å²) in [6, 6.07) is 7.04. The van der Waals surface area contributed by atoms with E-state index in [2.05, 4.69) is 20.5 Å². The van der Waals surface area contributed by atoms with Crippen molar-refractivity contribution < 1.29 is 19.1 Å². The predicted octanol–water partition coefficient (Wildman–Crippen LogP) is 1.44. The van der Waals surface area contributed by atoms with Gasteiger partial charge in [0, 0.05) is 24.8 Å². The number of esters is 1. The third-order valence-corrected chi connectivity index (χ3v) is 4.52. The van der Waals surface area contributed by atoms with Gasteiger partial charge in [-0.3, -0.25) is 19.1 Å². The van der Waals surface area contributed by atoms with Gasteiger partial charge in [-0.1, -0.05) is 12.1 Å². The standard InChI is InChI=1S/C20H26N4O4/c1-13-17(14(2)24(3)23-13)9-10-18(25)22-16-7-5-15(6-8-16)11-19(26)21-12-20(27)28-4/h5-8H,9-12H2,1-4H3,(H,21,26)(H,22,25). The number of hydrogen-bond donors (Lipinski definition) is 2. The maximum absolute atomic E-state index is 12.2. The van der Waals surface area contributed by atoms with E-state index in [0.29, 0.717) is 18.5 Å². The van der Waals surface area contributed by atoms with E-state index in [4.69, 9.17) is 0 Å². The van der Waals surface area contributed by atoms with Gasteiger partial charge in [0.1, 0.15) is 6.54 Å². The van der Waals surface area contributed by atoms with E-state index < -0.39 is 5.97 Å². The molecule has 0 saturated carbocycles. The number of carbonyl (C=O) groups excluding carboxylic acids is 3. The second-order valence-electron chi connectivity index (χ2n) is 6.55. The molecule has 8 nitrogen and oxygen atoms in total. The molecule has 8 heteroatoms. The van der Waals surface area contributed by atoms with Crippen LogP contribution < -0.4 is 10.6 Å². The molecule has 150 valence electrons. The van der Waals surface area contributed by atoms with Crippen LogP contribution in [0, 0.1) is 13.8 Å². The SMILES string of the molecule is COC(=O)CNC(=O)Cc1ccc(NC(=O)CCc2c(C)nn(C)c2C)cc1. The number of rotatable bonds is 8. The molecule has 1 aromatic heterocycles. The van der Waals surface area contributed by atoms with Crippen LogP contribution in [0.2, 0.25) is 0 Å². The Balaban J connectivity index is 1.82. The molecule has 0 aliphatic heterocycles. The van der Waals surface area contributed by atoms with E-state index in [1.54, 1.807) is 24.3 Å². The van der Waals surface area contributed by atoms with Gasteiger partial charge >= 0.3 is 5.97 Å². The molecule has 0 aliphatic rings. The second kappa shape index (κ2) is 9.68. The summed E-state index contributed by atoms with van der Waals surface area (Å²) in [5.74, 6) is -0.848. The van der Waals surface area contributed by atoms with Crippen LogP contribution in [0.5, 0.6) is 0 Å². The van der Waals surface area contributed by atoms with Crippen molar-refractivity contribution >= 4 is 23.5 Å².